The van der Waals surface area contributed by atoms with Gasteiger partial charge >= 0.3 is 5.97 Å². The van der Waals surface area contributed by atoms with E-state index in [0.717, 1.165) is 0 Å². The highest BCUT2D eigenvalue weighted by Gasteiger charge is 2.28. The van der Waals surface area contributed by atoms with Crippen LogP contribution in [0.15, 0.2) is 11.4 Å². The van der Waals surface area contributed by atoms with Gasteiger partial charge in [-0.3, -0.25) is 14.5 Å². The lowest BCUT2D eigenvalue weighted by Gasteiger charge is -2.36. The first-order valence-corrected chi connectivity index (χ1v) is 7.25. The Morgan fingerprint density at radius 3 is 2.47 bits per heavy atom. The third kappa shape index (κ3) is 3.08. The van der Waals surface area contributed by atoms with Crippen LogP contribution in [0.4, 0.5) is 0 Å². The van der Waals surface area contributed by atoms with Gasteiger partial charge in [-0.25, -0.2) is 0 Å². The molecule has 7 heteroatoms. The number of hydrogen-bond donors (Lipinski definition) is 1. The Labute approximate surface area is 120 Å². The van der Waals surface area contributed by atoms with E-state index in [9.17, 15) is 9.59 Å². The number of carboxylic acids is 1. The van der Waals surface area contributed by atoms with Crippen LogP contribution in [0.1, 0.15) is 16.6 Å². The number of nitrogens with zero attached hydrogens (tertiary/aromatic N) is 2. The van der Waals surface area contributed by atoms with Crippen molar-refractivity contribution < 1.29 is 14.7 Å². The van der Waals surface area contributed by atoms with Crippen LogP contribution in [-0.2, 0) is 4.79 Å². The molecule has 0 radical (unpaired) electrons. The highest BCUT2D eigenvalue weighted by atomic mass is 35.5. The van der Waals surface area contributed by atoms with E-state index in [2.05, 4.69) is 0 Å². The summed E-state index contributed by atoms with van der Waals surface area (Å²) in [5, 5.41) is 11.2. The summed E-state index contributed by atoms with van der Waals surface area (Å²) in [5.74, 6) is -0.899. The molecular weight excluding hydrogens is 288 g/mol. The van der Waals surface area contributed by atoms with Gasteiger partial charge < -0.3 is 10.0 Å². The number of halogens is 1. The second kappa shape index (κ2) is 5.90. The van der Waals surface area contributed by atoms with Crippen LogP contribution in [0.2, 0.25) is 5.02 Å². The first kappa shape index (κ1) is 14.3. The standard InChI is InChI=1S/C12H15ClN2O3S/c1-8(12(17)18)14-3-5-15(6-4-14)11(16)10-9(13)2-7-19-10/h2,7-8H,3-6H2,1H3,(H,17,18). The summed E-state index contributed by atoms with van der Waals surface area (Å²) >= 11 is 7.28. The summed E-state index contributed by atoms with van der Waals surface area (Å²) in [7, 11) is 0. The highest BCUT2D eigenvalue weighted by molar-refractivity contribution is 7.12. The van der Waals surface area contributed by atoms with Crippen molar-refractivity contribution in [2.24, 2.45) is 0 Å². The van der Waals surface area contributed by atoms with Gasteiger partial charge in [0.1, 0.15) is 10.9 Å². The second-order valence-electron chi connectivity index (χ2n) is 4.44. The molecule has 1 fully saturated rings. The molecule has 1 aliphatic rings. The summed E-state index contributed by atoms with van der Waals surface area (Å²) in [5.41, 5.74) is 0. The summed E-state index contributed by atoms with van der Waals surface area (Å²) in [6, 6.07) is 1.20. The summed E-state index contributed by atoms with van der Waals surface area (Å²) in [4.78, 5) is 27.3. The van der Waals surface area contributed by atoms with Gasteiger partial charge in [0, 0.05) is 26.2 Å². The van der Waals surface area contributed by atoms with Gasteiger partial charge in [-0.15, -0.1) is 11.3 Å². The molecule has 1 aromatic heterocycles. The Kier molecular flexibility index (Phi) is 4.44. The second-order valence-corrected chi connectivity index (χ2v) is 5.76. The number of piperazine rings is 1. The van der Waals surface area contributed by atoms with Crippen molar-refractivity contribution >= 4 is 34.8 Å². The van der Waals surface area contributed by atoms with Crippen molar-refractivity contribution in [3.05, 3.63) is 21.3 Å². The van der Waals surface area contributed by atoms with E-state index in [-0.39, 0.29) is 5.91 Å². The molecule has 0 saturated carbocycles. The Morgan fingerprint density at radius 1 is 1.37 bits per heavy atom. The van der Waals surface area contributed by atoms with Gasteiger partial charge in [0.15, 0.2) is 0 Å². The quantitative estimate of drug-likeness (QED) is 0.922. The van der Waals surface area contributed by atoms with Crippen LogP contribution in [0.25, 0.3) is 0 Å². The minimum absolute atomic E-state index is 0.0670. The number of amides is 1. The Balaban J connectivity index is 1.95. The third-order valence-electron chi connectivity index (χ3n) is 3.32. The molecule has 1 aromatic rings. The summed E-state index contributed by atoms with van der Waals surface area (Å²) in [6.45, 7) is 3.87. The van der Waals surface area contributed by atoms with Crippen molar-refractivity contribution in [2.45, 2.75) is 13.0 Å². The fourth-order valence-corrected chi connectivity index (χ4v) is 3.16. The van der Waals surface area contributed by atoms with E-state index in [1.807, 2.05) is 4.90 Å². The molecule has 1 saturated heterocycles. The van der Waals surface area contributed by atoms with Crippen LogP contribution < -0.4 is 0 Å². The van der Waals surface area contributed by atoms with E-state index >= 15 is 0 Å². The van der Waals surface area contributed by atoms with Gasteiger partial charge in [-0.2, -0.15) is 0 Å². The number of thiophene rings is 1. The average Bonchev–Trinajstić information content (AvgIpc) is 2.83. The number of hydrogen-bond acceptors (Lipinski definition) is 4. The van der Waals surface area contributed by atoms with Crippen LogP contribution in [0.5, 0.6) is 0 Å². The zero-order chi connectivity index (χ0) is 14.0. The molecule has 2 rings (SSSR count). The maximum Gasteiger partial charge on any atom is 0.320 e. The minimum atomic E-state index is -0.832. The molecule has 0 bridgehead atoms. The largest absolute Gasteiger partial charge is 0.480 e. The lowest BCUT2D eigenvalue weighted by molar-refractivity contribution is -0.143. The topological polar surface area (TPSA) is 60.9 Å². The van der Waals surface area contributed by atoms with E-state index in [4.69, 9.17) is 16.7 Å². The lowest BCUT2D eigenvalue weighted by atomic mass is 10.2. The normalized spacial score (nSPS) is 18.3. The molecule has 1 N–H and O–H groups in total. The summed E-state index contributed by atoms with van der Waals surface area (Å²) in [6.07, 6.45) is 0. The molecule has 19 heavy (non-hydrogen) atoms. The van der Waals surface area contributed by atoms with E-state index in [0.29, 0.717) is 36.1 Å². The van der Waals surface area contributed by atoms with Crippen LogP contribution >= 0.6 is 22.9 Å². The Bertz CT molecular complexity index is 483. The lowest BCUT2D eigenvalue weighted by Crippen LogP contribution is -2.53. The van der Waals surface area contributed by atoms with Crippen molar-refractivity contribution in [1.82, 2.24) is 9.80 Å². The minimum Gasteiger partial charge on any atom is -0.480 e. The monoisotopic (exact) mass is 302 g/mol. The molecule has 0 aromatic carbocycles. The van der Waals surface area contributed by atoms with Gasteiger partial charge in [0.05, 0.1) is 5.02 Å². The molecule has 1 unspecified atom stereocenters. The Hall–Kier alpha value is -1.11. The summed E-state index contributed by atoms with van der Waals surface area (Å²) < 4.78 is 0. The molecule has 5 nitrogen and oxygen atoms in total. The zero-order valence-electron chi connectivity index (χ0n) is 10.5. The van der Waals surface area contributed by atoms with Gasteiger partial charge in [-0.1, -0.05) is 11.6 Å². The fraction of sp³-hybridized carbons (Fsp3) is 0.500. The van der Waals surface area contributed by atoms with Crippen LogP contribution in [0.3, 0.4) is 0 Å². The number of aliphatic carboxylic acids is 1. The van der Waals surface area contributed by atoms with E-state index in [1.54, 1.807) is 23.3 Å². The predicted octanol–water partition coefficient (Wildman–Crippen LogP) is 1.63. The third-order valence-corrected chi connectivity index (χ3v) is 4.65. The molecule has 1 atom stereocenters. The van der Waals surface area contributed by atoms with Gasteiger partial charge in [-0.05, 0) is 18.4 Å². The average molecular weight is 303 g/mol. The molecule has 0 spiro atoms. The van der Waals surface area contributed by atoms with E-state index in [1.165, 1.54) is 11.3 Å². The van der Waals surface area contributed by atoms with Crippen molar-refractivity contribution in [2.75, 3.05) is 26.2 Å². The maximum atomic E-state index is 12.2. The number of carbonyl (C=O) groups excluding carboxylic acids is 1. The first-order valence-electron chi connectivity index (χ1n) is 6.00. The maximum absolute atomic E-state index is 12.2. The smallest absolute Gasteiger partial charge is 0.320 e. The van der Waals surface area contributed by atoms with Crippen LogP contribution in [0, 0.1) is 0 Å². The highest BCUT2D eigenvalue weighted by Crippen LogP contribution is 2.24. The van der Waals surface area contributed by atoms with Crippen molar-refractivity contribution in [3.63, 3.8) is 0 Å². The Morgan fingerprint density at radius 2 is 2.00 bits per heavy atom. The molecule has 0 aliphatic carbocycles. The number of carboxylic acid groups (broad SMARTS) is 1. The zero-order valence-corrected chi connectivity index (χ0v) is 12.1. The number of carbonyl (C=O) groups is 2. The SMILES string of the molecule is CC(C(=O)O)N1CCN(C(=O)c2sccc2Cl)CC1. The molecule has 2 heterocycles. The van der Waals surface area contributed by atoms with Crippen molar-refractivity contribution in [1.29, 1.82) is 0 Å². The van der Waals surface area contributed by atoms with Gasteiger partial charge in [0.25, 0.3) is 5.91 Å². The molecule has 104 valence electrons. The van der Waals surface area contributed by atoms with Gasteiger partial charge in [0.2, 0.25) is 0 Å². The predicted molar refractivity (Wildman–Crippen MR) is 73.9 cm³/mol. The van der Waals surface area contributed by atoms with Crippen LogP contribution in [-0.4, -0.2) is 59.0 Å². The fourth-order valence-electron chi connectivity index (χ4n) is 2.06. The number of rotatable bonds is 3. The molecular formula is C12H15ClN2O3S. The molecule has 1 aliphatic heterocycles. The molecule has 1 amide bonds. The van der Waals surface area contributed by atoms with E-state index < -0.39 is 12.0 Å². The van der Waals surface area contributed by atoms with Crippen molar-refractivity contribution in [3.8, 4) is 0 Å². The first-order chi connectivity index (χ1) is 9.00.